The molecular formula is C26H25F3N4O4S. The van der Waals surface area contributed by atoms with Crippen molar-refractivity contribution in [2.75, 3.05) is 7.11 Å². The predicted molar refractivity (Wildman–Crippen MR) is 136 cm³/mol. The summed E-state index contributed by atoms with van der Waals surface area (Å²) in [4.78, 5) is 35.3. The number of ether oxygens (including phenoxy) is 2. The Morgan fingerprint density at radius 2 is 1.87 bits per heavy atom. The number of rotatable bonds is 8. The third-order valence-corrected chi connectivity index (χ3v) is 6.54. The Morgan fingerprint density at radius 1 is 1.16 bits per heavy atom. The number of nitrogens with one attached hydrogen (secondary N) is 1. The summed E-state index contributed by atoms with van der Waals surface area (Å²) >= 11 is 0.949. The van der Waals surface area contributed by atoms with E-state index in [0.717, 1.165) is 17.3 Å². The first kappa shape index (κ1) is 27.2. The lowest BCUT2D eigenvalue weighted by atomic mass is 9.92. The highest BCUT2D eigenvalue weighted by atomic mass is 32.2. The van der Waals surface area contributed by atoms with Gasteiger partial charge in [-0.1, -0.05) is 30.0 Å². The minimum absolute atomic E-state index is 0.00809. The predicted octanol–water partition coefficient (Wildman–Crippen LogP) is 4.87. The summed E-state index contributed by atoms with van der Waals surface area (Å²) in [7, 11) is 1.39. The number of halogens is 3. The van der Waals surface area contributed by atoms with Crippen molar-refractivity contribution in [2.24, 2.45) is 4.99 Å². The molecule has 8 nitrogen and oxygen atoms in total. The van der Waals surface area contributed by atoms with Crippen LogP contribution in [0.25, 0.3) is 0 Å². The van der Waals surface area contributed by atoms with Gasteiger partial charge in [0.05, 0.1) is 31.2 Å². The first-order valence-electron chi connectivity index (χ1n) is 11.6. The number of esters is 1. The molecule has 0 saturated carbocycles. The number of benzene rings is 1. The Kier molecular flexibility index (Phi) is 8.10. The molecule has 0 radical (unpaired) electrons. The number of aromatic nitrogens is 1. The van der Waals surface area contributed by atoms with Gasteiger partial charge in [-0.3, -0.25) is 9.78 Å². The number of fused-ring (bicyclic) bond motifs is 1. The summed E-state index contributed by atoms with van der Waals surface area (Å²) in [6.45, 7) is 3.35. The number of alkyl halides is 3. The number of aliphatic imine (C=N–C) groups is 1. The Hall–Kier alpha value is -3.80. The van der Waals surface area contributed by atoms with Gasteiger partial charge in [-0.15, -0.1) is 0 Å². The fraction of sp³-hybridized carbons (Fsp3) is 0.308. The van der Waals surface area contributed by atoms with E-state index in [4.69, 9.17) is 9.47 Å². The van der Waals surface area contributed by atoms with E-state index in [1.807, 2.05) is 0 Å². The number of methoxy groups -OCH3 is 1. The summed E-state index contributed by atoms with van der Waals surface area (Å²) in [6.07, 6.45) is -2.55. The molecule has 1 aromatic carbocycles. The van der Waals surface area contributed by atoms with Gasteiger partial charge in [-0.05, 0) is 43.0 Å². The number of allylic oxidation sites excluding steroid dienone is 1. The minimum Gasteiger partial charge on any atom is -0.496 e. The van der Waals surface area contributed by atoms with Crippen molar-refractivity contribution in [2.45, 2.75) is 45.1 Å². The van der Waals surface area contributed by atoms with Crippen molar-refractivity contribution in [3.05, 3.63) is 82.3 Å². The maximum absolute atomic E-state index is 14.3. The highest BCUT2D eigenvalue weighted by molar-refractivity contribution is 8.16. The monoisotopic (exact) mass is 546 g/mol. The van der Waals surface area contributed by atoms with Crippen LogP contribution in [-0.2, 0) is 20.9 Å². The highest BCUT2D eigenvalue weighted by Crippen LogP contribution is 2.49. The molecule has 1 amide bonds. The second-order valence-electron chi connectivity index (χ2n) is 8.66. The molecule has 2 aliphatic heterocycles. The van der Waals surface area contributed by atoms with Crippen LogP contribution in [0, 0.1) is 0 Å². The standard InChI is InChI=1S/C26H25F3N4O4S/c1-15(2)37-24(35)21-22(18-6-4-5-7-19(18)36-3)33-17(14-38-25(33)32-23(21)26(27,28)29)12-20(34)31-13-16-8-10-30-11-9-16/h4-11,14-15,22H,12-13H2,1-3H3,(H,31,34)/t22-/m1/s1. The number of pyridine rings is 1. The van der Waals surface area contributed by atoms with Crippen molar-refractivity contribution in [1.82, 2.24) is 15.2 Å². The molecule has 1 aromatic heterocycles. The molecule has 3 heterocycles. The van der Waals surface area contributed by atoms with Gasteiger partial charge in [0.2, 0.25) is 5.91 Å². The molecule has 2 aromatic rings. The fourth-order valence-electron chi connectivity index (χ4n) is 4.07. The SMILES string of the molecule is COc1ccccc1[C@@H]1C(C(=O)OC(C)C)=C(C(F)(F)F)N=C2SC=C(CC(=O)NCc3ccncc3)N21. The zero-order valence-electron chi connectivity index (χ0n) is 20.8. The van der Waals surface area contributed by atoms with Crippen LogP contribution in [0.5, 0.6) is 5.75 Å². The van der Waals surface area contributed by atoms with E-state index in [1.165, 1.54) is 12.0 Å². The van der Waals surface area contributed by atoms with Gasteiger partial charge in [0, 0.05) is 30.2 Å². The van der Waals surface area contributed by atoms with Crippen LogP contribution in [-0.4, -0.2) is 46.3 Å². The Labute approximate surface area is 221 Å². The number of amidine groups is 1. The maximum atomic E-state index is 14.3. The lowest BCUT2D eigenvalue weighted by molar-refractivity contribution is -0.145. The third-order valence-electron chi connectivity index (χ3n) is 5.66. The molecule has 0 fully saturated rings. The molecule has 38 heavy (non-hydrogen) atoms. The first-order valence-corrected chi connectivity index (χ1v) is 12.5. The number of carbonyl (C=O) groups is 2. The summed E-state index contributed by atoms with van der Waals surface area (Å²) in [5, 5.41) is 4.36. The van der Waals surface area contributed by atoms with Crippen molar-refractivity contribution in [3.8, 4) is 5.75 Å². The summed E-state index contributed by atoms with van der Waals surface area (Å²) in [6, 6.07) is 8.69. The largest absolute Gasteiger partial charge is 0.496 e. The zero-order valence-corrected chi connectivity index (χ0v) is 21.6. The van der Waals surface area contributed by atoms with Gasteiger partial charge >= 0.3 is 12.1 Å². The van der Waals surface area contributed by atoms with E-state index in [9.17, 15) is 22.8 Å². The van der Waals surface area contributed by atoms with E-state index >= 15 is 0 Å². The molecule has 1 atom stereocenters. The fourth-order valence-corrected chi connectivity index (χ4v) is 4.99. The van der Waals surface area contributed by atoms with Gasteiger partial charge in [-0.2, -0.15) is 13.2 Å². The van der Waals surface area contributed by atoms with E-state index in [1.54, 1.807) is 68.0 Å². The van der Waals surface area contributed by atoms with Crippen molar-refractivity contribution < 1.29 is 32.2 Å². The number of para-hydroxylation sites is 1. The van der Waals surface area contributed by atoms with E-state index < -0.39 is 35.6 Å². The lowest BCUT2D eigenvalue weighted by Gasteiger charge is -2.37. The van der Waals surface area contributed by atoms with Crippen LogP contribution >= 0.6 is 11.8 Å². The average molecular weight is 547 g/mol. The summed E-state index contributed by atoms with van der Waals surface area (Å²) in [5.41, 5.74) is -0.496. The molecule has 0 spiro atoms. The third kappa shape index (κ3) is 5.85. The highest BCUT2D eigenvalue weighted by Gasteiger charge is 2.50. The molecule has 4 rings (SSSR count). The van der Waals surface area contributed by atoms with E-state index in [2.05, 4.69) is 15.3 Å². The van der Waals surface area contributed by atoms with Crippen molar-refractivity contribution >= 4 is 28.8 Å². The average Bonchev–Trinajstić information content (AvgIpc) is 3.28. The molecule has 200 valence electrons. The molecule has 0 bridgehead atoms. The molecule has 12 heteroatoms. The zero-order chi connectivity index (χ0) is 27.4. The van der Waals surface area contributed by atoms with Crippen LogP contribution in [0.15, 0.2) is 76.2 Å². The molecule has 1 N–H and O–H groups in total. The molecule has 0 saturated heterocycles. The maximum Gasteiger partial charge on any atom is 0.434 e. The number of nitrogens with zero attached hydrogens (tertiary/aromatic N) is 3. The van der Waals surface area contributed by atoms with E-state index in [0.29, 0.717) is 11.3 Å². The normalized spacial score (nSPS) is 17.1. The number of carbonyl (C=O) groups excluding carboxylic acids is 2. The van der Waals surface area contributed by atoms with Crippen LogP contribution in [0.4, 0.5) is 13.2 Å². The topological polar surface area (TPSA) is 93.1 Å². The number of hydrogen-bond donors (Lipinski definition) is 1. The van der Waals surface area contributed by atoms with Gasteiger partial charge in [0.1, 0.15) is 5.75 Å². The van der Waals surface area contributed by atoms with Crippen molar-refractivity contribution in [1.29, 1.82) is 0 Å². The Balaban J connectivity index is 1.75. The Morgan fingerprint density at radius 3 is 2.53 bits per heavy atom. The number of thioether (sulfide) groups is 1. The van der Waals surface area contributed by atoms with Gasteiger partial charge in [0.25, 0.3) is 0 Å². The first-order chi connectivity index (χ1) is 18.1. The van der Waals surface area contributed by atoms with Crippen LogP contribution < -0.4 is 10.1 Å². The van der Waals surface area contributed by atoms with Crippen molar-refractivity contribution in [3.63, 3.8) is 0 Å². The summed E-state index contributed by atoms with van der Waals surface area (Å²) < 4.78 is 53.5. The quantitative estimate of drug-likeness (QED) is 0.473. The lowest BCUT2D eigenvalue weighted by Crippen LogP contribution is -2.40. The second-order valence-corrected chi connectivity index (χ2v) is 9.50. The van der Waals surface area contributed by atoms with E-state index in [-0.39, 0.29) is 29.8 Å². The van der Waals surface area contributed by atoms with Crippen LogP contribution in [0.2, 0.25) is 0 Å². The van der Waals surface area contributed by atoms with Crippen LogP contribution in [0.1, 0.15) is 37.4 Å². The van der Waals surface area contributed by atoms with Crippen LogP contribution in [0.3, 0.4) is 0 Å². The minimum atomic E-state index is -4.93. The van der Waals surface area contributed by atoms with Gasteiger partial charge < -0.3 is 19.7 Å². The van der Waals surface area contributed by atoms with Gasteiger partial charge in [0.15, 0.2) is 10.9 Å². The summed E-state index contributed by atoms with van der Waals surface area (Å²) in [5.74, 6) is -1.23. The second kappa shape index (κ2) is 11.3. The number of hydrogen-bond acceptors (Lipinski definition) is 8. The number of amides is 1. The Bertz CT molecular complexity index is 1310. The smallest absolute Gasteiger partial charge is 0.434 e. The molecule has 0 unspecified atom stereocenters. The molecule has 0 aliphatic carbocycles. The molecule has 2 aliphatic rings. The van der Waals surface area contributed by atoms with Gasteiger partial charge in [-0.25, -0.2) is 9.79 Å². The molecular weight excluding hydrogens is 521 g/mol.